The number of imide groups is 1. The average Bonchev–Trinajstić information content (AvgIpc) is 3.05. The zero-order valence-corrected chi connectivity index (χ0v) is 16.9. The van der Waals surface area contributed by atoms with Crippen LogP contribution in [0.25, 0.3) is 0 Å². The lowest BCUT2D eigenvalue weighted by molar-refractivity contribution is -0.124. The number of carbonyl (C=O) groups excluding carboxylic acids is 2. The molecule has 1 saturated heterocycles. The van der Waals surface area contributed by atoms with Gasteiger partial charge in [-0.25, -0.2) is 4.79 Å². The number of carbonyl (C=O) groups is 2. The lowest BCUT2D eigenvalue weighted by Crippen LogP contribution is -2.51. The molecule has 5 rings (SSSR count). The maximum Gasteiger partial charge on any atom is 0.322 e. The predicted molar refractivity (Wildman–Crippen MR) is 115 cm³/mol. The van der Waals surface area contributed by atoms with E-state index in [1.807, 2.05) is 72.8 Å². The third-order valence-electron chi connectivity index (χ3n) is 5.80. The second-order valence-electron chi connectivity index (χ2n) is 7.95. The van der Waals surface area contributed by atoms with Crippen LogP contribution in [0.4, 0.5) is 4.79 Å². The highest BCUT2D eigenvalue weighted by Gasteiger charge is 2.47. The van der Waals surface area contributed by atoms with Gasteiger partial charge in [0.25, 0.3) is 5.91 Å². The van der Waals surface area contributed by atoms with Crippen LogP contribution < -0.4 is 20.1 Å². The zero-order valence-electron chi connectivity index (χ0n) is 16.9. The third-order valence-corrected chi connectivity index (χ3v) is 5.80. The first-order valence-electron chi connectivity index (χ1n) is 10.3. The van der Waals surface area contributed by atoms with Crippen molar-refractivity contribution in [2.45, 2.75) is 31.4 Å². The molecule has 1 aliphatic carbocycles. The van der Waals surface area contributed by atoms with E-state index in [1.54, 1.807) is 0 Å². The maximum absolute atomic E-state index is 12.2. The molecule has 1 aliphatic heterocycles. The van der Waals surface area contributed by atoms with E-state index in [2.05, 4.69) is 10.6 Å². The molecular weight excluding hydrogens is 392 g/mol. The summed E-state index contributed by atoms with van der Waals surface area (Å²) >= 11 is 0. The van der Waals surface area contributed by atoms with E-state index in [4.69, 9.17) is 9.47 Å². The molecule has 1 heterocycles. The van der Waals surface area contributed by atoms with Gasteiger partial charge in [-0.15, -0.1) is 0 Å². The fraction of sp³-hybridized carbons (Fsp3) is 0.200. The Morgan fingerprint density at radius 1 is 0.839 bits per heavy atom. The van der Waals surface area contributed by atoms with Crippen LogP contribution in [-0.4, -0.2) is 17.5 Å². The minimum absolute atomic E-state index is 0.240. The predicted octanol–water partition coefficient (Wildman–Crippen LogP) is 4.12. The molecule has 1 unspecified atom stereocenters. The number of ether oxygens (including phenoxy) is 2. The Kier molecular flexibility index (Phi) is 4.82. The van der Waals surface area contributed by atoms with Crippen LogP contribution >= 0.6 is 0 Å². The molecule has 3 aromatic carbocycles. The zero-order chi connectivity index (χ0) is 21.3. The number of fused-ring (bicyclic) bond motifs is 1. The van der Waals surface area contributed by atoms with Crippen molar-refractivity contribution >= 4 is 11.9 Å². The summed E-state index contributed by atoms with van der Waals surface area (Å²) < 4.78 is 11.9. The van der Waals surface area contributed by atoms with E-state index in [0.717, 1.165) is 28.2 Å². The molecule has 6 nitrogen and oxygen atoms in total. The molecule has 31 heavy (non-hydrogen) atoms. The molecule has 156 valence electrons. The first-order valence-corrected chi connectivity index (χ1v) is 10.3. The minimum atomic E-state index is -0.823. The van der Waals surface area contributed by atoms with Crippen molar-refractivity contribution in [1.29, 1.82) is 0 Å². The molecule has 6 heteroatoms. The molecule has 1 atom stereocenters. The highest BCUT2D eigenvalue weighted by Crippen LogP contribution is 2.34. The highest BCUT2D eigenvalue weighted by molar-refractivity contribution is 6.07. The van der Waals surface area contributed by atoms with Crippen molar-refractivity contribution in [3.63, 3.8) is 0 Å². The quantitative estimate of drug-likeness (QED) is 0.616. The Hall–Kier alpha value is -3.80. The first-order chi connectivity index (χ1) is 15.1. The standard InChI is InChI=1S/C25H22N2O4/c28-23-25(27-24(29)26-23)12-11-18-13-22(10-9-19(18)15-25)31-21-8-4-7-20(14-21)30-16-17-5-2-1-3-6-17/h1-10,13-14H,11-12,15-16H2,(H2,26,27,28,29). The van der Waals surface area contributed by atoms with Gasteiger partial charge in [0.15, 0.2) is 0 Å². The monoisotopic (exact) mass is 414 g/mol. The summed E-state index contributed by atoms with van der Waals surface area (Å²) in [7, 11) is 0. The number of rotatable bonds is 5. The van der Waals surface area contributed by atoms with Gasteiger partial charge in [-0.1, -0.05) is 42.5 Å². The van der Waals surface area contributed by atoms with Crippen molar-refractivity contribution < 1.29 is 19.1 Å². The maximum atomic E-state index is 12.2. The van der Waals surface area contributed by atoms with Crippen LogP contribution in [0.15, 0.2) is 72.8 Å². The number of urea groups is 1. The van der Waals surface area contributed by atoms with Gasteiger partial charge in [0, 0.05) is 12.5 Å². The van der Waals surface area contributed by atoms with Gasteiger partial charge in [0.1, 0.15) is 29.4 Å². The second kappa shape index (κ2) is 7.80. The van der Waals surface area contributed by atoms with Crippen LogP contribution in [0.1, 0.15) is 23.1 Å². The summed E-state index contributed by atoms with van der Waals surface area (Å²) in [5, 5.41) is 5.15. The van der Waals surface area contributed by atoms with Crippen molar-refractivity contribution in [2.75, 3.05) is 0 Å². The summed E-state index contributed by atoms with van der Waals surface area (Å²) in [4.78, 5) is 23.8. The number of benzene rings is 3. The molecule has 1 fully saturated rings. The van der Waals surface area contributed by atoms with E-state index in [1.165, 1.54) is 0 Å². The molecule has 2 N–H and O–H groups in total. The number of nitrogens with one attached hydrogen (secondary N) is 2. The fourth-order valence-corrected chi connectivity index (χ4v) is 4.17. The van der Waals surface area contributed by atoms with Crippen molar-refractivity contribution in [3.8, 4) is 17.2 Å². The van der Waals surface area contributed by atoms with Crippen LogP contribution in [0.3, 0.4) is 0 Å². The smallest absolute Gasteiger partial charge is 0.322 e. The molecule has 0 saturated carbocycles. The van der Waals surface area contributed by atoms with Gasteiger partial charge >= 0.3 is 6.03 Å². The summed E-state index contributed by atoms with van der Waals surface area (Å²) in [6.07, 6.45) is 1.76. The van der Waals surface area contributed by atoms with Crippen LogP contribution in [-0.2, 0) is 24.2 Å². The molecule has 0 bridgehead atoms. The van der Waals surface area contributed by atoms with Crippen molar-refractivity contribution in [3.05, 3.63) is 89.5 Å². The number of aryl methyl sites for hydroxylation is 1. The van der Waals surface area contributed by atoms with Gasteiger partial charge in [0.2, 0.25) is 0 Å². The van der Waals surface area contributed by atoms with Gasteiger partial charge in [0.05, 0.1) is 0 Å². The normalized spacial score (nSPS) is 19.5. The third kappa shape index (κ3) is 3.97. The van der Waals surface area contributed by atoms with Gasteiger partial charge < -0.3 is 14.8 Å². The highest BCUT2D eigenvalue weighted by atomic mass is 16.5. The molecule has 0 aromatic heterocycles. The molecule has 1 spiro atoms. The topological polar surface area (TPSA) is 76.7 Å². The van der Waals surface area contributed by atoms with Crippen molar-refractivity contribution in [1.82, 2.24) is 10.6 Å². The average molecular weight is 414 g/mol. The largest absolute Gasteiger partial charge is 0.489 e. The Labute approximate surface area is 180 Å². The van der Waals surface area contributed by atoms with E-state index >= 15 is 0 Å². The molecule has 3 amide bonds. The SMILES string of the molecule is O=C1NC(=O)C2(CCc3cc(Oc4cccc(OCc5ccccc5)c4)ccc3C2)N1. The van der Waals surface area contributed by atoms with E-state index in [0.29, 0.717) is 31.6 Å². The number of amides is 3. The Morgan fingerprint density at radius 2 is 1.65 bits per heavy atom. The summed E-state index contributed by atoms with van der Waals surface area (Å²) in [5.74, 6) is 1.93. The number of hydrogen-bond donors (Lipinski definition) is 2. The minimum Gasteiger partial charge on any atom is -0.489 e. The second-order valence-corrected chi connectivity index (χ2v) is 7.95. The molecule has 0 radical (unpaired) electrons. The first kappa shape index (κ1) is 19.2. The van der Waals surface area contributed by atoms with E-state index in [9.17, 15) is 9.59 Å². The molecule has 3 aromatic rings. The van der Waals surface area contributed by atoms with E-state index < -0.39 is 11.6 Å². The summed E-state index contributed by atoms with van der Waals surface area (Å²) in [6.45, 7) is 0.495. The van der Waals surface area contributed by atoms with Gasteiger partial charge in [-0.3, -0.25) is 10.1 Å². The Balaban J connectivity index is 1.27. The molecule has 2 aliphatic rings. The van der Waals surface area contributed by atoms with Gasteiger partial charge in [-0.05, 0) is 53.8 Å². The lowest BCUT2D eigenvalue weighted by Gasteiger charge is -2.32. The van der Waals surface area contributed by atoms with Crippen LogP contribution in [0, 0.1) is 0 Å². The van der Waals surface area contributed by atoms with E-state index in [-0.39, 0.29) is 5.91 Å². The molecular formula is C25H22N2O4. The number of hydrogen-bond acceptors (Lipinski definition) is 4. The summed E-state index contributed by atoms with van der Waals surface area (Å²) in [5.41, 5.74) is 2.47. The Morgan fingerprint density at radius 3 is 2.45 bits per heavy atom. The summed E-state index contributed by atoms with van der Waals surface area (Å²) in [6, 6.07) is 23.0. The van der Waals surface area contributed by atoms with Gasteiger partial charge in [-0.2, -0.15) is 0 Å². The lowest BCUT2D eigenvalue weighted by atomic mass is 9.78. The fourth-order valence-electron chi connectivity index (χ4n) is 4.17. The van der Waals surface area contributed by atoms with Crippen molar-refractivity contribution in [2.24, 2.45) is 0 Å². The Bertz CT molecular complexity index is 1150. The van der Waals surface area contributed by atoms with Crippen LogP contribution in [0.5, 0.6) is 17.2 Å². The van der Waals surface area contributed by atoms with Crippen LogP contribution in [0.2, 0.25) is 0 Å².